The van der Waals surface area contributed by atoms with Crippen LogP contribution < -0.4 is 5.32 Å². The first kappa shape index (κ1) is 29.1. The molecule has 0 aromatic rings. The number of hydrogen-bond donors (Lipinski definition) is 3. The number of carbonyl (C=O) groups excluding carboxylic acids is 1. The minimum atomic E-state index is -1.37. The van der Waals surface area contributed by atoms with Crippen molar-refractivity contribution >= 4 is 17.8 Å². The second kappa shape index (κ2) is 21.3. The van der Waals surface area contributed by atoms with Crippen LogP contribution in [0.3, 0.4) is 0 Å². The van der Waals surface area contributed by atoms with Crippen molar-refractivity contribution in [3.8, 4) is 0 Å². The minimum Gasteiger partial charge on any atom is -0.481 e. The first-order chi connectivity index (χ1) is 15.0. The molecule has 0 aliphatic heterocycles. The largest absolute Gasteiger partial charge is 0.481 e. The van der Waals surface area contributed by atoms with Crippen molar-refractivity contribution in [3.63, 3.8) is 0 Å². The Bertz CT molecular complexity index is 506. The van der Waals surface area contributed by atoms with E-state index in [4.69, 9.17) is 14.9 Å². The first-order valence-corrected chi connectivity index (χ1v) is 11.9. The van der Waals surface area contributed by atoms with Crippen molar-refractivity contribution in [2.75, 3.05) is 13.2 Å². The van der Waals surface area contributed by atoms with E-state index in [1.165, 1.54) is 38.5 Å². The van der Waals surface area contributed by atoms with Crippen molar-refractivity contribution in [1.82, 2.24) is 5.32 Å². The summed E-state index contributed by atoms with van der Waals surface area (Å²) in [6.45, 7) is 3.88. The van der Waals surface area contributed by atoms with Gasteiger partial charge >= 0.3 is 11.9 Å². The quantitative estimate of drug-likeness (QED) is 0.159. The summed E-state index contributed by atoms with van der Waals surface area (Å²) in [4.78, 5) is 33.2. The molecule has 0 saturated heterocycles. The van der Waals surface area contributed by atoms with Crippen LogP contribution in [0.5, 0.6) is 0 Å². The molecule has 0 heterocycles. The van der Waals surface area contributed by atoms with E-state index in [-0.39, 0.29) is 6.42 Å². The minimum absolute atomic E-state index is 0.218. The summed E-state index contributed by atoms with van der Waals surface area (Å²) in [5.74, 6) is -2.99. The van der Waals surface area contributed by atoms with Crippen LogP contribution in [0.15, 0.2) is 12.2 Å². The van der Waals surface area contributed by atoms with Crippen molar-refractivity contribution < 1.29 is 29.3 Å². The number of amides is 1. The number of aliphatic carboxylic acids is 2. The third kappa shape index (κ3) is 21.1. The van der Waals surface area contributed by atoms with Crippen LogP contribution >= 0.6 is 0 Å². The van der Waals surface area contributed by atoms with Gasteiger partial charge in [-0.1, -0.05) is 70.4 Å². The van der Waals surface area contributed by atoms with E-state index in [2.05, 4.69) is 24.4 Å². The number of rotatable bonds is 22. The van der Waals surface area contributed by atoms with Crippen LogP contribution in [0.4, 0.5) is 0 Å². The number of carbonyl (C=O) groups is 3. The fraction of sp³-hybridized carbons (Fsp3) is 0.792. The van der Waals surface area contributed by atoms with Crippen LogP contribution in [0.25, 0.3) is 0 Å². The fourth-order valence-electron chi connectivity index (χ4n) is 3.19. The van der Waals surface area contributed by atoms with Gasteiger partial charge in [0, 0.05) is 13.0 Å². The van der Waals surface area contributed by atoms with E-state index >= 15 is 0 Å². The van der Waals surface area contributed by atoms with Crippen LogP contribution in [0.2, 0.25) is 0 Å². The highest BCUT2D eigenvalue weighted by Gasteiger charge is 2.22. The molecule has 7 heteroatoms. The SMILES string of the molecule is CCCCCCCCCOCCC=CCCCCCCC(=O)NC(CC(=O)O)C(=O)O. The Kier molecular flexibility index (Phi) is 20.0. The summed E-state index contributed by atoms with van der Waals surface area (Å²) >= 11 is 0. The molecule has 0 radical (unpaired) electrons. The third-order valence-electron chi connectivity index (χ3n) is 5.02. The summed E-state index contributed by atoms with van der Waals surface area (Å²) in [5, 5.41) is 19.8. The van der Waals surface area contributed by atoms with Crippen molar-refractivity contribution in [2.45, 2.75) is 109 Å². The number of carboxylic acid groups (broad SMARTS) is 2. The standard InChI is InChI=1S/C24H43NO6/c1-2-3-4-5-9-12-15-18-31-19-16-13-10-7-6-8-11-14-17-22(26)25-21(24(29)30)20-23(27)28/h10,13,21H,2-9,11-12,14-20H2,1H3,(H,25,26)(H,27,28)(H,29,30). The lowest BCUT2D eigenvalue weighted by atomic mass is 10.1. The average Bonchev–Trinajstić information content (AvgIpc) is 2.72. The van der Waals surface area contributed by atoms with Crippen molar-refractivity contribution in [1.29, 1.82) is 0 Å². The van der Waals surface area contributed by atoms with Gasteiger partial charge in [-0.2, -0.15) is 0 Å². The van der Waals surface area contributed by atoms with Gasteiger partial charge in [0.25, 0.3) is 0 Å². The number of ether oxygens (including phenoxy) is 1. The summed E-state index contributed by atoms with van der Waals surface area (Å²) in [7, 11) is 0. The van der Waals surface area contributed by atoms with Gasteiger partial charge in [0.2, 0.25) is 5.91 Å². The Balaban J connectivity index is 3.45. The highest BCUT2D eigenvalue weighted by Crippen LogP contribution is 2.08. The van der Waals surface area contributed by atoms with Gasteiger partial charge in [0.05, 0.1) is 13.0 Å². The summed E-state index contributed by atoms with van der Waals surface area (Å²) in [6, 6.07) is -1.37. The molecular formula is C24H43NO6. The summed E-state index contributed by atoms with van der Waals surface area (Å²) < 4.78 is 5.65. The van der Waals surface area contributed by atoms with Gasteiger partial charge in [0.15, 0.2) is 0 Å². The molecule has 3 N–H and O–H groups in total. The molecule has 7 nitrogen and oxygen atoms in total. The predicted octanol–water partition coefficient (Wildman–Crippen LogP) is 5.08. The van der Waals surface area contributed by atoms with Gasteiger partial charge in [-0.25, -0.2) is 4.79 Å². The molecule has 0 aliphatic carbocycles. The van der Waals surface area contributed by atoms with Crippen molar-refractivity contribution in [2.24, 2.45) is 0 Å². The molecule has 180 valence electrons. The summed E-state index contributed by atoms with van der Waals surface area (Å²) in [5.41, 5.74) is 0. The Labute approximate surface area is 187 Å². The lowest BCUT2D eigenvalue weighted by Gasteiger charge is -2.12. The maximum Gasteiger partial charge on any atom is 0.326 e. The Morgan fingerprint density at radius 3 is 2.10 bits per heavy atom. The second-order valence-corrected chi connectivity index (χ2v) is 8.00. The molecule has 0 rings (SSSR count). The van der Waals surface area contributed by atoms with Crippen molar-refractivity contribution in [3.05, 3.63) is 12.2 Å². The maximum atomic E-state index is 11.7. The third-order valence-corrected chi connectivity index (χ3v) is 5.02. The van der Waals surface area contributed by atoms with Gasteiger partial charge in [-0.05, 0) is 32.1 Å². The van der Waals surface area contributed by atoms with Crippen LogP contribution in [0.1, 0.15) is 103 Å². The lowest BCUT2D eigenvalue weighted by molar-refractivity contribution is -0.147. The number of allylic oxidation sites excluding steroid dienone is 1. The summed E-state index contributed by atoms with van der Waals surface area (Å²) in [6.07, 6.45) is 18.6. The fourth-order valence-corrected chi connectivity index (χ4v) is 3.19. The first-order valence-electron chi connectivity index (χ1n) is 11.9. The van der Waals surface area contributed by atoms with E-state index in [1.54, 1.807) is 0 Å². The average molecular weight is 442 g/mol. The zero-order chi connectivity index (χ0) is 23.2. The monoisotopic (exact) mass is 441 g/mol. The molecule has 0 aromatic heterocycles. The molecule has 1 atom stereocenters. The highest BCUT2D eigenvalue weighted by atomic mass is 16.5. The Morgan fingerprint density at radius 2 is 1.42 bits per heavy atom. The molecule has 0 fully saturated rings. The smallest absolute Gasteiger partial charge is 0.326 e. The molecule has 31 heavy (non-hydrogen) atoms. The molecule has 1 unspecified atom stereocenters. The molecule has 0 bridgehead atoms. The molecular weight excluding hydrogens is 398 g/mol. The molecule has 0 aromatic carbocycles. The number of unbranched alkanes of at least 4 members (excludes halogenated alkanes) is 10. The zero-order valence-electron chi connectivity index (χ0n) is 19.3. The van der Waals surface area contributed by atoms with Gasteiger partial charge in [-0.3, -0.25) is 9.59 Å². The van der Waals surface area contributed by atoms with Crippen LogP contribution in [-0.2, 0) is 19.1 Å². The van der Waals surface area contributed by atoms with E-state index in [0.29, 0.717) is 6.42 Å². The molecule has 0 aliphatic rings. The Morgan fingerprint density at radius 1 is 0.806 bits per heavy atom. The highest BCUT2D eigenvalue weighted by molar-refractivity contribution is 5.86. The topological polar surface area (TPSA) is 113 Å². The normalized spacial score (nSPS) is 12.2. The zero-order valence-corrected chi connectivity index (χ0v) is 19.3. The second-order valence-electron chi connectivity index (χ2n) is 8.00. The van der Waals surface area contributed by atoms with E-state index < -0.39 is 30.3 Å². The lowest BCUT2D eigenvalue weighted by Crippen LogP contribution is -2.42. The van der Waals surface area contributed by atoms with Gasteiger partial charge in [-0.15, -0.1) is 0 Å². The molecule has 0 spiro atoms. The number of carboxylic acids is 2. The molecule has 1 amide bonds. The van der Waals surface area contributed by atoms with E-state index in [9.17, 15) is 14.4 Å². The van der Waals surface area contributed by atoms with E-state index in [1.807, 2.05) is 0 Å². The Hall–Kier alpha value is -1.89. The number of hydrogen-bond acceptors (Lipinski definition) is 4. The van der Waals surface area contributed by atoms with Gasteiger partial charge < -0.3 is 20.3 Å². The van der Waals surface area contributed by atoms with Crippen LogP contribution in [0, 0.1) is 0 Å². The predicted molar refractivity (Wildman–Crippen MR) is 122 cm³/mol. The molecule has 0 saturated carbocycles. The van der Waals surface area contributed by atoms with E-state index in [0.717, 1.165) is 51.7 Å². The number of nitrogens with one attached hydrogen (secondary N) is 1. The maximum absolute atomic E-state index is 11.7. The van der Waals surface area contributed by atoms with Gasteiger partial charge in [0.1, 0.15) is 6.04 Å². The van der Waals surface area contributed by atoms with Crippen LogP contribution in [-0.4, -0.2) is 47.3 Å².